The maximum Gasteiger partial charge on any atom is 0.251 e. The zero-order valence-corrected chi connectivity index (χ0v) is 18.8. The Labute approximate surface area is 180 Å². The highest BCUT2D eigenvalue weighted by atomic mass is 32.2. The smallest absolute Gasteiger partial charge is 0.251 e. The van der Waals surface area contributed by atoms with Crippen molar-refractivity contribution in [3.63, 3.8) is 0 Å². The topological polar surface area (TPSA) is 94.8 Å². The Bertz CT molecular complexity index is 1270. The Morgan fingerprint density at radius 1 is 1.23 bits per heavy atom. The fourth-order valence-corrected chi connectivity index (χ4v) is 4.57. The van der Waals surface area contributed by atoms with Gasteiger partial charge in [-0.3, -0.25) is 4.79 Å². The van der Waals surface area contributed by atoms with Crippen LogP contribution in [-0.4, -0.2) is 24.6 Å². The van der Waals surface area contributed by atoms with E-state index in [1.54, 1.807) is 6.08 Å². The molecule has 2 aromatic heterocycles. The van der Waals surface area contributed by atoms with E-state index in [9.17, 15) is 13.2 Å². The molecule has 1 aromatic carbocycles. The highest BCUT2D eigenvalue weighted by molar-refractivity contribution is 8.07. The van der Waals surface area contributed by atoms with Crippen molar-refractivity contribution >= 4 is 37.6 Å². The molecule has 0 saturated heterocycles. The van der Waals surface area contributed by atoms with Gasteiger partial charge in [-0.15, -0.1) is 11.8 Å². The summed E-state index contributed by atoms with van der Waals surface area (Å²) in [5, 5.41) is 2.15. The van der Waals surface area contributed by atoms with Crippen molar-refractivity contribution < 1.29 is 8.42 Å². The van der Waals surface area contributed by atoms with Crippen LogP contribution in [0.5, 0.6) is 0 Å². The van der Waals surface area contributed by atoms with Crippen molar-refractivity contribution in [3.8, 4) is 0 Å². The number of para-hydroxylation sites is 1. The average molecular weight is 444 g/mol. The van der Waals surface area contributed by atoms with Gasteiger partial charge >= 0.3 is 0 Å². The molecule has 0 atom stereocenters. The van der Waals surface area contributed by atoms with Crippen LogP contribution in [-0.2, 0) is 23.0 Å². The number of thioether (sulfide) groups is 1. The molecule has 30 heavy (non-hydrogen) atoms. The fourth-order valence-electron chi connectivity index (χ4n) is 3.19. The van der Waals surface area contributed by atoms with Gasteiger partial charge in [-0.05, 0) is 49.4 Å². The van der Waals surface area contributed by atoms with Crippen molar-refractivity contribution in [2.45, 2.75) is 26.8 Å². The Morgan fingerprint density at radius 2 is 2.00 bits per heavy atom. The molecule has 0 fully saturated rings. The van der Waals surface area contributed by atoms with Gasteiger partial charge in [0.1, 0.15) is 0 Å². The standard InChI is InChI=1S/C22H25N3O3S2/c1-4-16-12-19(15(2)25-22(16)26)21(29-3)10-7-11-30(27,28)24-14-17-13-23-20-9-6-5-8-18(17)20/h5-13,23-24H,4,14H2,1-3H3,(H,25,26)/b11-7+,21-10-. The lowest BCUT2D eigenvalue weighted by Crippen LogP contribution is -2.20. The minimum atomic E-state index is -3.60. The Hall–Kier alpha value is -2.55. The van der Waals surface area contributed by atoms with Crippen LogP contribution in [0.4, 0.5) is 0 Å². The van der Waals surface area contributed by atoms with E-state index in [1.807, 2.05) is 56.6 Å². The minimum absolute atomic E-state index is 0.0844. The minimum Gasteiger partial charge on any atom is -0.361 e. The summed E-state index contributed by atoms with van der Waals surface area (Å²) in [4.78, 5) is 18.8. The van der Waals surface area contributed by atoms with Gasteiger partial charge in [-0.1, -0.05) is 25.1 Å². The monoisotopic (exact) mass is 443 g/mol. The number of rotatable bonds is 8. The first kappa shape index (κ1) is 22.1. The number of pyridine rings is 1. The first-order chi connectivity index (χ1) is 14.3. The second-order valence-corrected chi connectivity index (χ2v) is 9.30. The Morgan fingerprint density at radius 3 is 2.73 bits per heavy atom. The normalized spacial score (nSPS) is 12.8. The molecule has 8 heteroatoms. The number of nitrogens with one attached hydrogen (secondary N) is 3. The number of fused-ring (bicyclic) bond motifs is 1. The molecule has 158 valence electrons. The van der Waals surface area contributed by atoms with E-state index in [2.05, 4.69) is 14.7 Å². The molecule has 0 amide bonds. The van der Waals surface area contributed by atoms with Crippen molar-refractivity contribution in [2.75, 3.05) is 6.26 Å². The van der Waals surface area contributed by atoms with Crippen molar-refractivity contribution in [1.82, 2.24) is 14.7 Å². The highest BCUT2D eigenvalue weighted by Crippen LogP contribution is 2.27. The lowest BCUT2D eigenvalue weighted by molar-refractivity contribution is 0.591. The first-order valence-corrected chi connectivity index (χ1v) is 12.3. The molecule has 0 aliphatic heterocycles. The van der Waals surface area contributed by atoms with Gasteiger partial charge in [0, 0.05) is 50.8 Å². The number of sulfonamides is 1. The summed E-state index contributed by atoms with van der Waals surface area (Å²) in [6, 6.07) is 9.62. The van der Waals surface area contributed by atoms with Gasteiger partial charge in [-0.2, -0.15) is 0 Å². The third kappa shape index (κ3) is 5.13. The van der Waals surface area contributed by atoms with Crippen LogP contribution < -0.4 is 10.3 Å². The summed E-state index contributed by atoms with van der Waals surface area (Å²) in [7, 11) is -3.60. The van der Waals surface area contributed by atoms with Crippen LogP contribution in [0.2, 0.25) is 0 Å². The van der Waals surface area contributed by atoms with Crippen LogP contribution in [0.15, 0.2) is 58.9 Å². The largest absolute Gasteiger partial charge is 0.361 e. The maximum absolute atomic E-state index is 12.4. The predicted octanol–water partition coefficient (Wildman–Crippen LogP) is 4.06. The number of aromatic amines is 2. The fraction of sp³-hybridized carbons (Fsp3) is 0.227. The molecule has 0 unspecified atom stereocenters. The molecule has 0 aliphatic rings. The van der Waals surface area contributed by atoms with E-state index in [4.69, 9.17) is 0 Å². The number of allylic oxidation sites excluding steroid dienone is 2. The van der Waals surface area contributed by atoms with Crippen molar-refractivity contribution in [2.24, 2.45) is 0 Å². The third-order valence-corrected chi connectivity index (χ3v) is 6.68. The summed E-state index contributed by atoms with van der Waals surface area (Å²) < 4.78 is 27.4. The third-order valence-electron chi connectivity index (χ3n) is 4.83. The quantitative estimate of drug-likeness (QED) is 0.458. The lowest BCUT2D eigenvalue weighted by Gasteiger charge is -2.09. The van der Waals surface area contributed by atoms with E-state index >= 15 is 0 Å². The van der Waals surface area contributed by atoms with Gasteiger partial charge in [0.15, 0.2) is 0 Å². The number of hydrogen-bond donors (Lipinski definition) is 3. The van der Waals surface area contributed by atoms with Crippen LogP contribution in [0, 0.1) is 6.92 Å². The molecule has 2 heterocycles. The van der Waals surface area contributed by atoms with Crippen molar-refractivity contribution in [1.29, 1.82) is 0 Å². The maximum atomic E-state index is 12.4. The molecule has 6 nitrogen and oxygen atoms in total. The summed E-state index contributed by atoms with van der Waals surface area (Å²) in [6.07, 6.45) is 7.62. The van der Waals surface area contributed by atoms with Gasteiger partial charge < -0.3 is 9.97 Å². The first-order valence-electron chi connectivity index (χ1n) is 9.54. The number of benzene rings is 1. The number of aryl methyl sites for hydroxylation is 2. The molecule has 0 radical (unpaired) electrons. The molecule has 3 rings (SSSR count). The summed E-state index contributed by atoms with van der Waals surface area (Å²) >= 11 is 1.49. The molecule has 0 bridgehead atoms. The van der Waals surface area contributed by atoms with Gasteiger partial charge in [0.2, 0.25) is 10.0 Å². The second kappa shape index (κ2) is 9.51. The molecule has 3 N–H and O–H groups in total. The lowest BCUT2D eigenvalue weighted by atomic mass is 10.1. The molecule has 0 aliphatic carbocycles. The molecule has 0 saturated carbocycles. The Kier molecular flexibility index (Phi) is 7.02. The Balaban J connectivity index is 1.76. The number of aromatic nitrogens is 2. The van der Waals surface area contributed by atoms with Crippen LogP contribution in [0.1, 0.15) is 29.3 Å². The van der Waals surface area contributed by atoms with Crippen LogP contribution in [0.3, 0.4) is 0 Å². The highest BCUT2D eigenvalue weighted by Gasteiger charge is 2.10. The van der Waals surface area contributed by atoms with E-state index in [0.29, 0.717) is 12.0 Å². The number of H-pyrrole nitrogens is 2. The van der Waals surface area contributed by atoms with E-state index in [0.717, 1.165) is 38.0 Å². The van der Waals surface area contributed by atoms with Crippen molar-refractivity contribution in [3.05, 3.63) is 86.8 Å². The van der Waals surface area contributed by atoms with E-state index in [1.165, 1.54) is 17.8 Å². The summed E-state index contributed by atoms with van der Waals surface area (Å²) in [5.41, 5.74) is 4.13. The van der Waals surface area contributed by atoms with Gasteiger partial charge in [0.25, 0.3) is 5.56 Å². The molecule has 3 aromatic rings. The van der Waals surface area contributed by atoms with Gasteiger partial charge in [0.05, 0.1) is 0 Å². The van der Waals surface area contributed by atoms with E-state index in [-0.39, 0.29) is 12.1 Å². The molecular formula is C22H25N3O3S2. The predicted molar refractivity (Wildman–Crippen MR) is 126 cm³/mol. The molecule has 0 spiro atoms. The second-order valence-electron chi connectivity index (χ2n) is 6.81. The zero-order valence-electron chi connectivity index (χ0n) is 17.2. The molecular weight excluding hydrogens is 418 g/mol. The summed E-state index contributed by atoms with van der Waals surface area (Å²) in [5.74, 6) is 0. The van der Waals surface area contributed by atoms with Crippen LogP contribution in [0.25, 0.3) is 15.8 Å². The van der Waals surface area contributed by atoms with Gasteiger partial charge in [-0.25, -0.2) is 13.1 Å². The van der Waals surface area contributed by atoms with E-state index < -0.39 is 10.0 Å². The number of hydrogen-bond acceptors (Lipinski definition) is 4. The van der Waals surface area contributed by atoms with Crippen LogP contribution >= 0.6 is 11.8 Å². The summed E-state index contributed by atoms with van der Waals surface area (Å²) in [6.45, 7) is 3.97. The average Bonchev–Trinajstić information content (AvgIpc) is 3.14. The SMILES string of the molecule is CCc1cc(/C(=C/C=C/S(=O)(=O)NCc2c[nH]c3ccccc23)SC)c(C)[nH]c1=O. The zero-order chi connectivity index (χ0) is 21.7.